The third-order valence-corrected chi connectivity index (χ3v) is 4.27. The van der Waals surface area contributed by atoms with Gasteiger partial charge >= 0.3 is 11.9 Å². The Hall–Kier alpha value is -2.82. The fourth-order valence-electron chi connectivity index (χ4n) is 3.00. The SMILES string of the molecule is CCC(C(=O)O)(c1ccc(C(=O)OC(C)(C)C)cc1)c1ccccc1O. The highest BCUT2D eigenvalue weighted by Crippen LogP contribution is 2.40. The molecule has 5 nitrogen and oxygen atoms in total. The Morgan fingerprint density at radius 1 is 1.00 bits per heavy atom. The van der Waals surface area contributed by atoms with Crippen LogP contribution in [0.1, 0.15) is 55.6 Å². The van der Waals surface area contributed by atoms with Gasteiger partial charge in [0.05, 0.1) is 5.56 Å². The first-order chi connectivity index (χ1) is 12.1. The van der Waals surface area contributed by atoms with Crippen LogP contribution in [0.4, 0.5) is 0 Å². The van der Waals surface area contributed by atoms with Crippen LogP contribution in [0.2, 0.25) is 0 Å². The van der Waals surface area contributed by atoms with E-state index in [1.54, 1.807) is 70.2 Å². The van der Waals surface area contributed by atoms with E-state index in [9.17, 15) is 19.8 Å². The van der Waals surface area contributed by atoms with Gasteiger partial charge in [-0.1, -0.05) is 37.3 Å². The predicted molar refractivity (Wildman–Crippen MR) is 98.4 cm³/mol. The average Bonchev–Trinajstić information content (AvgIpc) is 2.56. The summed E-state index contributed by atoms with van der Waals surface area (Å²) in [6, 6.07) is 12.7. The smallest absolute Gasteiger partial charge is 0.338 e. The van der Waals surface area contributed by atoms with Crippen LogP contribution in [-0.4, -0.2) is 27.8 Å². The summed E-state index contributed by atoms with van der Waals surface area (Å²) in [6.07, 6.45) is 0.242. The third-order valence-electron chi connectivity index (χ3n) is 4.27. The topological polar surface area (TPSA) is 83.8 Å². The fraction of sp³-hybridized carbons (Fsp3) is 0.333. The van der Waals surface area contributed by atoms with Gasteiger partial charge in [-0.25, -0.2) is 4.79 Å². The maximum Gasteiger partial charge on any atom is 0.338 e. The molecule has 0 heterocycles. The highest BCUT2D eigenvalue weighted by atomic mass is 16.6. The molecule has 0 aliphatic heterocycles. The summed E-state index contributed by atoms with van der Waals surface area (Å²) in [5.74, 6) is -1.61. The number of carboxylic acid groups (broad SMARTS) is 1. The van der Waals surface area contributed by atoms with E-state index < -0.39 is 23.0 Å². The molecule has 2 rings (SSSR count). The number of carboxylic acids is 1. The summed E-state index contributed by atoms with van der Waals surface area (Å²) in [5, 5.41) is 20.2. The molecule has 0 amide bonds. The quantitative estimate of drug-likeness (QED) is 0.787. The standard InChI is InChI=1S/C21H24O5/c1-5-21(19(24)25,16-8-6-7-9-17(16)22)15-12-10-14(11-13-15)18(23)26-20(2,3)4/h6-13,22H,5H2,1-4H3,(H,24,25). The van der Waals surface area contributed by atoms with Gasteiger partial charge in [0.25, 0.3) is 0 Å². The molecule has 0 aliphatic carbocycles. The molecule has 1 unspecified atom stereocenters. The number of carbonyl (C=O) groups is 2. The van der Waals surface area contributed by atoms with Crippen molar-refractivity contribution in [3.63, 3.8) is 0 Å². The van der Waals surface area contributed by atoms with Gasteiger partial charge in [0.15, 0.2) is 0 Å². The van der Waals surface area contributed by atoms with Crippen molar-refractivity contribution in [1.29, 1.82) is 0 Å². The molecule has 0 fully saturated rings. The second kappa shape index (κ2) is 7.20. The molecule has 0 aromatic heterocycles. The molecule has 0 aliphatic rings. The number of benzene rings is 2. The van der Waals surface area contributed by atoms with Crippen molar-refractivity contribution in [3.05, 3.63) is 65.2 Å². The minimum atomic E-state index is -1.40. The lowest BCUT2D eigenvalue weighted by atomic mass is 9.72. The summed E-state index contributed by atoms with van der Waals surface area (Å²) in [7, 11) is 0. The first kappa shape index (κ1) is 19.5. The highest BCUT2D eigenvalue weighted by Gasteiger charge is 2.42. The lowest BCUT2D eigenvalue weighted by Crippen LogP contribution is -2.36. The molecule has 1 atom stereocenters. The van der Waals surface area contributed by atoms with Crippen molar-refractivity contribution in [2.45, 2.75) is 45.1 Å². The average molecular weight is 356 g/mol. The second-order valence-corrected chi connectivity index (χ2v) is 7.16. The zero-order chi connectivity index (χ0) is 19.5. The maximum atomic E-state index is 12.2. The summed E-state index contributed by atoms with van der Waals surface area (Å²) >= 11 is 0. The van der Waals surface area contributed by atoms with Crippen molar-refractivity contribution < 1.29 is 24.5 Å². The van der Waals surface area contributed by atoms with Crippen molar-refractivity contribution >= 4 is 11.9 Å². The van der Waals surface area contributed by atoms with Crippen LogP contribution in [-0.2, 0) is 14.9 Å². The summed E-state index contributed by atoms with van der Waals surface area (Å²) in [4.78, 5) is 24.4. The minimum absolute atomic E-state index is 0.0760. The molecular weight excluding hydrogens is 332 g/mol. The van der Waals surface area contributed by atoms with Gasteiger partial charge in [-0.3, -0.25) is 4.79 Å². The van der Waals surface area contributed by atoms with E-state index in [4.69, 9.17) is 4.74 Å². The van der Waals surface area contributed by atoms with Crippen molar-refractivity contribution in [2.75, 3.05) is 0 Å². The lowest BCUT2D eigenvalue weighted by Gasteiger charge is -2.30. The Kier molecular flexibility index (Phi) is 5.40. The predicted octanol–water partition coefficient (Wildman–Crippen LogP) is 4.13. The minimum Gasteiger partial charge on any atom is -0.508 e. The highest BCUT2D eigenvalue weighted by molar-refractivity contribution is 5.91. The van der Waals surface area contributed by atoms with Crippen LogP contribution in [0.3, 0.4) is 0 Å². The molecule has 138 valence electrons. The van der Waals surface area contributed by atoms with Crippen LogP contribution in [0.5, 0.6) is 5.75 Å². The van der Waals surface area contributed by atoms with Crippen LogP contribution in [0, 0.1) is 0 Å². The number of rotatable bonds is 5. The van der Waals surface area contributed by atoms with Gasteiger partial charge in [0, 0.05) is 5.56 Å². The Morgan fingerprint density at radius 2 is 1.58 bits per heavy atom. The Labute approximate surface area is 153 Å². The molecule has 5 heteroatoms. The van der Waals surface area contributed by atoms with E-state index in [1.165, 1.54) is 6.07 Å². The van der Waals surface area contributed by atoms with Crippen LogP contribution >= 0.6 is 0 Å². The van der Waals surface area contributed by atoms with Crippen LogP contribution in [0.15, 0.2) is 48.5 Å². The second-order valence-electron chi connectivity index (χ2n) is 7.16. The largest absolute Gasteiger partial charge is 0.508 e. The van der Waals surface area contributed by atoms with Crippen molar-refractivity contribution in [3.8, 4) is 5.75 Å². The Balaban J connectivity index is 2.50. The maximum absolute atomic E-state index is 12.2. The molecule has 26 heavy (non-hydrogen) atoms. The van der Waals surface area contributed by atoms with Gasteiger partial charge in [-0.15, -0.1) is 0 Å². The van der Waals surface area contributed by atoms with Gasteiger partial charge in [0.1, 0.15) is 16.8 Å². The molecule has 2 aromatic carbocycles. The van der Waals surface area contributed by atoms with E-state index in [0.717, 1.165) is 0 Å². The number of para-hydroxylation sites is 1. The number of hydrogen-bond donors (Lipinski definition) is 2. The molecule has 0 saturated heterocycles. The zero-order valence-electron chi connectivity index (χ0n) is 15.4. The van der Waals surface area contributed by atoms with E-state index in [1.807, 2.05) is 0 Å². The fourth-order valence-corrected chi connectivity index (χ4v) is 3.00. The van der Waals surface area contributed by atoms with Gasteiger partial charge < -0.3 is 14.9 Å². The molecule has 0 radical (unpaired) electrons. The summed E-state index contributed by atoms with van der Waals surface area (Å²) < 4.78 is 5.33. The molecular formula is C21H24O5. The first-order valence-electron chi connectivity index (χ1n) is 8.47. The monoisotopic (exact) mass is 356 g/mol. The summed E-state index contributed by atoms with van der Waals surface area (Å²) in [6.45, 7) is 7.10. The number of ether oxygens (including phenoxy) is 1. The van der Waals surface area contributed by atoms with Crippen molar-refractivity contribution in [1.82, 2.24) is 0 Å². The van der Waals surface area contributed by atoms with Gasteiger partial charge in [-0.2, -0.15) is 0 Å². The van der Waals surface area contributed by atoms with E-state index >= 15 is 0 Å². The lowest BCUT2D eigenvalue weighted by molar-refractivity contribution is -0.142. The number of esters is 1. The Bertz CT molecular complexity index is 802. The molecule has 0 spiro atoms. The normalized spacial score (nSPS) is 13.7. The van der Waals surface area contributed by atoms with Crippen LogP contribution < -0.4 is 0 Å². The number of aromatic hydroxyl groups is 1. The van der Waals surface area contributed by atoms with E-state index in [2.05, 4.69) is 0 Å². The number of phenols is 1. The number of hydrogen-bond acceptors (Lipinski definition) is 4. The number of carbonyl (C=O) groups excluding carboxylic acids is 1. The molecule has 2 aromatic rings. The number of phenolic OH excluding ortho intramolecular Hbond substituents is 1. The van der Waals surface area contributed by atoms with Crippen LogP contribution in [0.25, 0.3) is 0 Å². The zero-order valence-corrected chi connectivity index (χ0v) is 15.4. The molecule has 2 N–H and O–H groups in total. The van der Waals surface area contributed by atoms with E-state index in [-0.39, 0.29) is 12.2 Å². The van der Waals surface area contributed by atoms with Gasteiger partial charge in [-0.05, 0) is 51.0 Å². The first-order valence-corrected chi connectivity index (χ1v) is 8.47. The van der Waals surface area contributed by atoms with Gasteiger partial charge in [0.2, 0.25) is 0 Å². The molecule has 0 bridgehead atoms. The summed E-state index contributed by atoms with van der Waals surface area (Å²) in [5.41, 5.74) is -0.866. The Morgan fingerprint density at radius 3 is 2.04 bits per heavy atom. The number of aliphatic carboxylic acids is 1. The third kappa shape index (κ3) is 3.72. The van der Waals surface area contributed by atoms with E-state index in [0.29, 0.717) is 16.7 Å². The molecule has 0 saturated carbocycles. The van der Waals surface area contributed by atoms with Crippen molar-refractivity contribution in [2.24, 2.45) is 0 Å².